The number of hydrogen-bond donors (Lipinski definition) is 2. The Balaban J connectivity index is 1.57. The number of amides is 1. The van der Waals surface area contributed by atoms with Crippen LogP contribution in [0.25, 0.3) is 17.2 Å². The Hall–Kier alpha value is -3.62. The van der Waals surface area contributed by atoms with E-state index < -0.39 is 5.82 Å². The third kappa shape index (κ3) is 4.19. The van der Waals surface area contributed by atoms with Crippen molar-refractivity contribution in [3.05, 3.63) is 65.0 Å². The molecule has 8 nitrogen and oxygen atoms in total. The second-order valence-electron chi connectivity index (χ2n) is 7.28. The molecule has 154 valence electrons. The first-order valence-electron chi connectivity index (χ1n) is 9.75. The molecule has 0 aliphatic heterocycles. The molecule has 0 saturated heterocycles. The van der Waals surface area contributed by atoms with Gasteiger partial charge in [-0.3, -0.25) is 14.2 Å². The van der Waals surface area contributed by atoms with Gasteiger partial charge in [0.25, 0.3) is 5.56 Å². The summed E-state index contributed by atoms with van der Waals surface area (Å²) in [5.41, 5.74) is 5.48. The molecule has 1 aliphatic carbocycles. The number of aromatic nitrogens is 4. The van der Waals surface area contributed by atoms with Crippen LogP contribution >= 0.6 is 0 Å². The highest BCUT2D eigenvalue weighted by Crippen LogP contribution is 2.26. The van der Waals surface area contributed by atoms with Gasteiger partial charge in [0.2, 0.25) is 11.9 Å². The topological polar surface area (TPSA) is 116 Å². The monoisotopic (exact) mass is 408 g/mol. The number of pyridine rings is 2. The highest BCUT2D eigenvalue weighted by atomic mass is 19.1. The number of nitrogens with two attached hydrogens (primary N) is 1. The van der Waals surface area contributed by atoms with Gasteiger partial charge in [0, 0.05) is 24.2 Å². The van der Waals surface area contributed by atoms with Crippen LogP contribution in [0.1, 0.15) is 25.7 Å². The van der Waals surface area contributed by atoms with E-state index in [1.54, 1.807) is 36.5 Å². The quantitative estimate of drug-likeness (QED) is 0.669. The predicted molar refractivity (Wildman–Crippen MR) is 109 cm³/mol. The van der Waals surface area contributed by atoms with Crippen molar-refractivity contribution in [2.45, 2.75) is 31.7 Å². The highest BCUT2D eigenvalue weighted by Gasteiger charge is 2.25. The summed E-state index contributed by atoms with van der Waals surface area (Å²) in [5.74, 6) is -0.310. The Bertz CT molecular complexity index is 1120. The van der Waals surface area contributed by atoms with Gasteiger partial charge in [-0.05, 0) is 43.9 Å². The van der Waals surface area contributed by atoms with Gasteiger partial charge in [-0.2, -0.15) is 0 Å². The van der Waals surface area contributed by atoms with Crippen molar-refractivity contribution in [3.63, 3.8) is 0 Å². The van der Waals surface area contributed by atoms with Crippen LogP contribution in [0.2, 0.25) is 0 Å². The van der Waals surface area contributed by atoms with Gasteiger partial charge >= 0.3 is 0 Å². The maximum atomic E-state index is 14.5. The van der Waals surface area contributed by atoms with Gasteiger partial charge in [-0.1, -0.05) is 12.1 Å². The fraction of sp³-hybridized carbons (Fsp3) is 0.286. The molecule has 9 heteroatoms. The Morgan fingerprint density at radius 2 is 1.90 bits per heavy atom. The molecule has 3 aromatic heterocycles. The second kappa shape index (κ2) is 8.40. The molecule has 1 fully saturated rings. The molecule has 30 heavy (non-hydrogen) atoms. The van der Waals surface area contributed by atoms with E-state index in [-0.39, 0.29) is 35.1 Å². The van der Waals surface area contributed by atoms with Crippen LogP contribution in [0.5, 0.6) is 0 Å². The SMILES string of the molecule is NC(=O)[C@H]1CC[C@H](Nc2ncc(F)c(-c3cccc(-n4ccccc4=O)n3)n2)CC1. The molecule has 0 bridgehead atoms. The first kappa shape index (κ1) is 19.7. The minimum atomic E-state index is -0.608. The van der Waals surface area contributed by atoms with Gasteiger partial charge in [0.15, 0.2) is 5.82 Å². The van der Waals surface area contributed by atoms with Crippen LogP contribution in [-0.4, -0.2) is 31.5 Å². The standard InChI is InChI=1S/C21H21FN6O2/c22-15-12-24-21(25-14-9-7-13(8-10-14)20(23)30)27-19(15)16-4-3-5-17(26-16)28-11-2-1-6-18(28)29/h1-6,11-14H,7-10H2,(H2,23,30)(H,24,25,27)/t13-,14-. The van der Waals surface area contributed by atoms with Crippen molar-refractivity contribution in [1.29, 1.82) is 0 Å². The molecule has 0 atom stereocenters. The van der Waals surface area contributed by atoms with Gasteiger partial charge < -0.3 is 11.1 Å². The molecular formula is C21H21FN6O2. The summed E-state index contributed by atoms with van der Waals surface area (Å²) in [6.07, 6.45) is 5.62. The van der Waals surface area contributed by atoms with Gasteiger partial charge in [-0.15, -0.1) is 0 Å². The van der Waals surface area contributed by atoms with Crippen LogP contribution in [0.15, 0.2) is 53.6 Å². The number of nitrogens with one attached hydrogen (secondary N) is 1. The summed E-state index contributed by atoms with van der Waals surface area (Å²) in [5, 5.41) is 3.21. The summed E-state index contributed by atoms with van der Waals surface area (Å²) in [4.78, 5) is 36.1. The number of halogens is 1. The number of carbonyl (C=O) groups is 1. The molecule has 1 aliphatic rings. The summed E-state index contributed by atoms with van der Waals surface area (Å²) in [7, 11) is 0. The van der Waals surface area contributed by atoms with E-state index in [2.05, 4.69) is 20.3 Å². The first-order chi connectivity index (χ1) is 14.5. The van der Waals surface area contributed by atoms with E-state index in [1.807, 2.05) is 0 Å². The third-order valence-electron chi connectivity index (χ3n) is 5.25. The smallest absolute Gasteiger partial charge is 0.256 e. The van der Waals surface area contributed by atoms with Gasteiger partial charge in [0.1, 0.15) is 11.5 Å². The van der Waals surface area contributed by atoms with Crippen molar-refractivity contribution < 1.29 is 9.18 Å². The zero-order valence-corrected chi connectivity index (χ0v) is 16.2. The number of hydrogen-bond acceptors (Lipinski definition) is 6. The van der Waals surface area contributed by atoms with E-state index in [1.165, 1.54) is 10.6 Å². The first-order valence-corrected chi connectivity index (χ1v) is 9.75. The maximum Gasteiger partial charge on any atom is 0.256 e. The molecule has 1 amide bonds. The normalized spacial score (nSPS) is 18.7. The van der Waals surface area contributed by atoms with E-state index in [0.29, 0.717) is 24.4 Å². The van der Waals surface area contributed by atoms with E-state index >= 15 is 0 Å². The van der Waals surface area contributed by atoms with Crippen LogP contribution in [-0.2, 0) is 4.79 Å². The molecular weight excluding hydrogens is 387 g/mol. The number of carbonyl (C=O) groups excluding carboxylic acids is 1. The Morgan fingerprint density at radius 1 is 1.10 bits per heavy atom. The van der Waals surface area contributed by atoms with Crippen molar-refractivity contribution in [2.24, 2.45) is 11.7 Å². The molecule has 3 N–H and O–H groups in total. The fourth-order valence-corrected chi connectivity index (χ4v) is 3.63. The molecule has 1 saturated carbocycles. The summed E-state index contributed by atoms with van der Waals surface area (Å²) >= 11 is 0. The van der Waals surface area contributed by atoms with Crippen LogP contribution < -0.4 is 16.6 Å². The molecule has 0 unspecified atom stereocenters. The second-order valence-corrected chi connectivity index (χ2v) is 7.28. The zero-order valence-electron chi connectivity index (χ0n) is 16.2. The van der Waals surface area contributed by atoms with Crippen LogP contribution in [0, 0.1) is 11.7 Å². The van der Waals surface area contributed by atoms with Gasteiger partial charge in [-0.25, -0.2) is 19.3 Å². The number of anilines is 1. The molecule has 3 heterocycles. The lowest BCUT2D eigenvalue weighted by atomic mass is 9.86. The highest BCUT2D eigenvalue weighted by molar-refractivity contribution is 5.76. The van der Waals surface area contributed by atoms with Crippen molar-refractivity contribution in [2.75, 3.05) is 5.32 Å². The molecule has 0 radical (unpaired) electrons. The number of rotatable bonds is 5. The summed E-state index contributed by atoms with van der Waals surface area (Å²) in [6.45, 7) is 0. The van der Waals surface area contributed by atoms with Crippen molar-refractivity contribution in [1.82, 2.24) is 19.5 Å². The molecule has 0 spiro atoms. The van der Waals surface area contributed by atoms with Crippen LogP contribution in [0.4, 0.5) is 10.3 Å². The van der Waals surface area contributed by atoms with Crippen LogP contribution in [0.3, 0.4) is 0 Å². The minimum absolute atomic E-state index is 0.0455. The van der Waals surface area contributed by atoms with E-state index in [9.17, 15) is 14.0 Å². The fourth-order valence-electron chi connectivity index (χ4n) is 3.63. The maximum absolute atomic E-state index is 14.5. The largest absolute Gasteiger partial charge is 0.369 e. The minimum Gasteiger partial charge on any atom is -0.369 e. The Morgan fingerprint density at radius 3 is 2.63 bits per heavy atom. The van der Waals surface area contributed by atoms with Crippen molar-refractivity contribution >= 4 is 11.9 Å². The summed E-state index contributed by atoms with van der Waals surface area (Å²) < 4.78 is 15.8. The van der Waals surface area contributed by atoms with E-state index in [0.717, 1.165) is 19.0 Å². The average Bonchev–Trinajstić information content (AvgIpc) is 2.76. The van der Waals surface area contributed by atoms with E-state index in [4.69, 9.17) is 5.73 Å². The third-order valence-corrected chi connectivity index (χ3v) is 5.25. The lowest BCUT2D eigenvalue weighted by Gasteiger charge is -2.27. The van der Waals surface area contributed by atoms with Crippen molar-refractivity contribution in [3.8, 4) is 17.2 Å². The zero-order chi connectivity index (χ0) is 21.1. The predicted octanol–water partition coefficient (Wildman–Crippen LogP) is 2.28. The van der Waals surface area contributed by atoms with Gasteiger partial charge in [0.05, 0.1) is 11.9 Å². The number of primary amides is 1. The lowest BCUT2D eigenvalue weighted by Crippen LogP contribution is -2.32. The molecule has 3 aromatic rings. The number of nitrogens with zero attached hydrogens (tertiary/aromatic N) is 4. The Kier molecular flexibility index (Phi) is 5.51. The lowest BCUT2D eigenvalue weighted by molar-refractivity contribution is -0.122. The molecule has 4 rings (SSSR count). The summed E-state index contributed by atoms with van der Waals surface area (Å²) in [6, 6.07) is 9.86. The Labute approximate surface area is 172 Å². The molecule has 0 aromatic carbocycles. The average molecular weight is 408 g/mol.